The van der Waals surface area contributed by atoms with Gasteiger partial charge in [-0.2, -0.15) is 13.2 Å². The van der Waals surface area contributed by atoms with Gasteiger partial charge < -0.3 is 16.2 Å². The summed E-state index contributed by atoms with van der Waals surface area (Å²) in [6.45, 7) is 3.93. The number of fused-ring (bicyclic) bond motifs is 1. The second kappa shape index (κ2) is 8.54. The molecule has 0 bridgehead atoms. The van der Waals surface area contributed by atoms with E-state index in [-0.39, 0.29) is 23.2 Å². The minimum absolute atomic E-state index is 0.0321. The summed E-state index contributed by atoms with van der Waals surface area (Å²) in [5.74, 6) is 0. The van der Waals surface area contributed by atoms with Gasteiger partial charge in [-0.25, -0.2) is 0 Å². The molecule has 1 atom stereocenters. The molecule has 0 aromatic heterocycles. The van der Waals surface area contributed by atoms with Gasteiger partial charge in [0.1, 0.15) is 0 Å². The molecule has 1 unspecified atom stereocenters. The Morgan fingerprint density at radius 1 is 1.10 bits per heavy atom. The first kappa shape index (κ1) is 21.9. The van der Waals surface area contributed by atoms with Crippen molar-refractivity contribution < 1.29 is 18.3 Å². The minimum Gasteiger partial charge on any atom is -0.397 e. The predicted octanol–water partition coefficient (Wildman–Crippen LogP) is 4.86. The number of nitrogens with two attached hydrogens (primary N) is 1. The standard InChI is InChI=1S/C22H26ClF3N2O/c1-3-12-5-14-7-17(8-15(14)6-13(12)4-2)28-20(11-29)16-9-18(22(24,25)26)21(27)19(23)10-16/h5-6,9-10,17,20,28-29H,3-4,7-8,11,27H2,1-2H3. The van der Waals surface area contributed by atoms with Crippen molar-refractivity contribution in [2.45, 2.75) is 57.8 Å². The monoisotopic (exact) mass is 426 g/mol. The largest absolute Gasteiger partial charge is 0.418 e. The number of aliphatic hydroxyl groups is 1. The molecule has 0 radical (unpaired) electrons. The zero-order chi connectivity index (χ0) is 21.3. The molecule has 1 aliphatic carbocycles. The van der Waals surface area contributed by atoms with Crippen LogP contribution < -0.4 is 11.1 Å². The number of benzene rings is 2. The van der Waals surface area contributed by atoms with E-state index in [1.165, 1.54) is 28.3 Å². The number of hydrogen-bond donors (Lipinski definition) is 3. The summed E-state index contributed by atoms with van der Waals surface area (Å²) in [6, 6.07) is 6.22. The predicted molar refractivity (Wildman–Crippen MR) is 110 cm³/mol. The van der Waals surface area contributed by atoms with Crippen LogP contribution in [0.2, 0.25) is 5.02 Å². The normalized spacial score (nSPS) is 15.6. The molecule has 3 nitrogen and oxygen atoms in total. The Balaban J connectivity index is 1.83. The molecule has 7 heteroatoms. The van der Waals surface area contributed by atoms with Crippen molar-refractivity contribution in [1.82, 2.24) is 5.32 Å². The van der Waals surface area contributed by atoms with Crippen LogP contribution in [0.1, 0.15) is 53.3 Å². The summed E-state index contributed by atoms with van der Waals surface area (Å²) in [4.78, 5) is 0. The summed E-state index contributed by atoms with van der Waals surface area (Å²) in [7, 11) is 0. The van der Waals surface area contributed by atoms with Crippen LogP contribution in [0.25, 0.3) is 0 Å². The number of rotatable bonds is 6. The lowest BCUT2D eigenvalue weighted by molar-refractivity contribution is -0.137. The van der Waals surface area contributed by atoms with Crippen LogP contribution in [0.4, 0.5) is 18.9 Å². The summed E-state index contributed by atoms with van der Waals surface area (Å²) in [5, 5.41) is 13.0. The number of nitrogen functional groups attached to an aromatic ring is 1. The van der Waals surface area contributed by atoms with Crippen LogP contribution in [-0.2, 0) is 31.9 Å². The van der Waals surface area contributed by atoms with Crippen LogP contribution in [0, 0.1) is 0 Å². The third-order valence-electron chi connectivity index (χ3n) is 5.70. The number of aryl methyl sites for hydroxylation is 2. The highest BCUT2D eigenvalue weighted by atomic mass is 35.5. The Kier molecular flexibility index (Phi) is 6.46. The maximum atomic E-state index is 13.3. The van der Waals surface area contributed by atoms with Gasteiger partial charge >= 0.3 is 6.18 Å². The molecule has 0 saturated heterocycles. The van der Waals surface area contributed by atoms with Crippen molar-refractivity contribution in [2.24, 2.45) is 0 Å². The van der Waals surface area contributed by atoms with Crippen molar-refractivity contribution in [1.29, 1.82) is 0 Å². The Morgan fingerprint density at radius 2 is 1.66 bits per heavy atom. The molecular formula is C22H26ClF3N2O. The highest BCUT2D eigenvalue weighted by Crippen LogP contribution is 2.39. The maximum absolute atomic E-state index is 13.3. The lowest BCUT2D eigenvalue weighted by atomic mass is 9.97. The van der Waals surface area contributed by atoms with Crippen molar-refractivity contribution in [2.75, 3.05) is 12.3 Å². The van der Waals surface area contributed by atoms with E-state index >= 15 is 0 Å². The fourth-order valence-corrected chi connectivity index (χ4v) is 4.39. The number of nitrogens with one attached hydrogen (secondary N) is 1. The zero-order valence-electron chi connectivity index (χ0n) is 16.5. The molecule has 4 N–H and O–H groups in total. The van der Waals surface area contributed by atoms with E-state index in [0.29, 0.717) is 0 Å². The molecule has 0 heterocycles. The average Bonchev–Trinajstić information content (AvgIpc) is 3.07. The van der Waals surface area contributed by atoms with Crippen LogP contribution in [0.15, 0.2) is 24.3 Å². The molecule has 29 heavy (non-hydrogen) atoms. The first-order chi connectivity index (χ1) is 13.7. The third kappa shape index (κ3) is 4.55. The maximum Gasteiger partial charge on any atom is 0.418 e. The van der Waals surface area contributed by atoms with Gasteiger partial charge in [-0.15, -0.1) is 0 Å². The molecule has 3 rings (SSSR count). The molecule has 2 aromatic rings. The van der Waals surface area contributed by atoms with Gasteiger partial charge in [-0.1, -0.05) is 37.6 Å². The molecule has 0 spiro atoms. The highest BCUT2D eigenvalue weighted by Gasteiger charge is 2.35. The lowest BCUT2D eigenvalue weighted by Gasteiger charge is -2.23. The van der Waals surface area contributed by atoms with E-state index in [4.69, 9.17) is 17.3 Å². The molecule has 1 aliphatic rings. The summed E-state index contributed by atoms with van der Waals surface area (Å²) >= 11 is 5.95. The van der Waals surface area contributed by atoms with E-state index in [1.807, 2.05) is 0 Å². The first-order valence-electron chi connectivity index (χ1n) is 9.84. The van der Waals surface area contributed by atoms with E-state index in [2.05, 4.69) is 31.3 Å². The van der Waals surface area contributed by atoms with E-state index in [0.717, 1.165) is 31.7 Å². The summed E-state index contributed by atoms with van der Waals surface area (Å²) < 4.78 is 39.8. The number of aliphatic hydroxyl groups excluding tert-OH is 1. The van der Waals surface area contributed by atoms with Gasteiger partial charge in [0.25, 0.3) is 0 Å². The molecule has 0 fully saturated rings. The van der Waals surface area contributed by atoms with E-state index in [9.17, 15) is 18.3 Å². The van der Waals surface area contributed by atoms with Crippen LogP contribution >= 0.6 is 11.6 Å². The number of hydrogen-bond acceptors (Lipinski definition) is 3. The van der Waals surface area contributed by atoms with Gasteiger partial charge in [0.05, 0.1) is 28.9 Å². The first-order valence-corrected chi connectivity index (χ1v) is 10.2. The number of halogens is 4. The van der Waals surface area contributed by atoms with Crippen molar-refractivity contribution in [3.63, 3.8) is 0 Å². The fraction of sp³-hybridized carbons (Fsp3) is 0.455. The topological polar surface area (TPSA) is 58.3 Å². The van der Waals surface area contributed by atoms with Crippen molar-refractivity contribution in [3.8, 4) is 0 Å². The average molecular weight is 427 g/mol. The Hall–Kier alpha value is -1.76. The number of anilines is 1. The Labute approximate surface area is 174 Å². The van der Waals surface area contributed by atoms with Gasteiger partial charge in [0.15, 0.2) is 0 Å². The quantitative estimate of drug-likeness (QED) is 0.578. The zero-order valence-corrected chi connectivity index (χ0v) is 17.3. The van der Waals surface area contributed by atoms with E-state index < -0.39 is 23.5 Å². The van der Waals surface area contributed by atoms with Crippen LogP contribution in [0.5, 0.6) is 0 Å². The molecule has 0 amide bonds. The minimum atomic E-state index is -4.61. The van der Waals surface area contributed by atoms with E-state index in [1.54, 1.807) is 0 Å². The van der Waals surface area contributed by atoms with Crippen molar-refractivity contribution in [3.05, 3.63) is 62.7 Å². The second-order valence-corrected chi connectivity index (χ2v) is 7.97. The Bertz CT molecular complexity index is 866. The SMILES string of the molecule is CCc1cc2c(cc1CC)CC(NC(CO)c1cc(Cl)c(N)c(C(F)(F)F)c1)C2. The lowest BCUT2D eigenvalue weighted by Crippen LogP contribution is -2.35. The van der Waals surface area contributed by atoms with Gasteiger partial charge in [-0.05, 0) is 65.6 Å². The van der Waals surface area contributed by atoms with Crippen LogP contribution in [-0.4, -0.2) is 17.8 Å². The molecular weight excluding hydrogens is 401 g/mol. The van der Waals surface area contributed by atoms with Gasteiger partial charge in [0, 0.05) is 6.04 Å². The molecule has 0 aliphatic heterocycles. The number of alkyl halides is 3. The Morgan fingerprint density at radius 3 is 2.10 bits per heavy atom. The summed E-state index contributed by atoms with van der Waals surface area (Å²) in [6.07, 6.45) is -1.12. The third-order valence-corrected chi connectivity index (χ3v) is 6.01. The van der Waals surface area contributed by atoms with Crippen LogP contribution in [0.3, 0.4) is 0 Å². The smallest absolute Gasteiger partial charge is 0.397 e. The fourth-order valence-electron chi connectivity index (χ4n) is 4.16. The van der Waals surface area contributed by atoms with Gasteiger partial charge in [0.2, 0.25) is 0 Å². The van der Waals surface area contributed by atoms with Crippen molar-refractivity contribution >= 4 is 17.3 Å². The molecule has 158 valence electrons. The highest BCUT2D eigenvalue weighted by molar-refractivity contribution is 6.33. The van der Waals surface area contributed by atoms with Gasteiger partial charge in [-0.3, -0.25) is 0 Å². The molecule has 2 aromatic carbocycles. The molecule has 0 saturated carbocycles. The summed E-state index contributed by atoms with van der Waals surface area (Å²) in [5.41, 5.74) is 9.53. The second-order valence-electron chi connectivity index (χ2n) is 7.57.